The van der Waals surface area contributed by atoms with Gasteiger partial charge in [0.1, 0.15) is 6.10 Å². The first kappa shape index (κ1) is 12.3. The van der Waals surface area contributed by atoms with Gasteiger partial charge in [-0.2, -0.15) is 0 Å². The molecular formula is C6H13NO6. The number of aliphatic hydroxyl groups is 3. The summed E-state index contributed by atoms with van der Waals surface area (Å²) in [4.78, 5) is 8.36. The highest BCUT2D eigenvalue weighted by molar-refractivity contribution is 5.32. The van der Waals surface area contributed by atoms with Crippen LogP contribution in [0.4, 0.5) is 0 Å². The summed E-state index contributed by atoms with van der Waals surface area (Å²) in [7, 11) is 0. The van der Waals surface area contributed by atoms with Crippen LogP contribution in [0.1, 0.15) is 12.8 Å². The molecule has 0 amide bonds. The monoisotopic (exact) mass is 195 g/mol. The van der Waals surface area contributed by atoms with Crippen LogP contribution in [-0.2, 0) is 4.79 Å². The molecule has 0 aromatic carbocycles. The fraction of sp³-hybridized carbons (Fsp3) is 0.833. The van der Waals surface area contributed by atoms with Crippen molar-refractivity contribution in [2.75, 3.05) is 6.54 Å². The lowest BCUT2D eigenvalue weighted by Gasteiger charge is -2.37. The van der Waals surface area contributed by atoms with Gasteiger partial charge in [-0.3, -0.25) is 4.79 Å². The van der Waals surface area contributed by atoms with E-state index in [9.17, 15) is 0 Å². The Morgan fingerprint density at radius 2 is 1.92 bits per heavy atom. The SMILES string of the molecule is O=CO.OC1CCCN(O)C1(O)O. The average molecular weight is 195 g/mol. The van der Waals surface area contributed by atoms with Crippen molar-refractivity contribution in [1.29, 1.82) is 0 Å². The number of hydrogen-bond acceptors (Lipinski definition) is 6. The van der Waals surface area contributed by atoms with Crippen LogP contribution in [0.15, 0.2) is 0 Å². The molecule has 7 heteroatoms. The van der Waals surface area contributed by atoms with Gasteiger partial charge in [0.15, 0.2) is 0 Å². The van der Waals surface area contributed by atoms with Crippen LogP contribution in [0.2, 0.25) is 0 Å². The molecule has 0 aromatic heterocycles. The van der Waals surface area contributed by atoms with Crippen LogP contribution < -0.4 is 0 Å². The van der Waals surface area contributed by atoms with Crippen molar-refractivity contribution in [3.63, 3.8) is 0 Å². The Balaban J connectivity index is 0.000000424. The largest absolute Gasteiger partial charge is 0.483 e. The topological polar surface area (TPSA) is 121 Å². The zero-order chi connectivity index (χ0) is 10.5. The van der Waals surface area contributed by atoms with Crippen molar-refractivity contribution in [1.82, 2.24) is 5.06 Å². The van der Waals surface area contributed by atoms with E-state index in [0.29, 0.717) is 17.9 Å². The molecule has 7 nitrogen and oxygen atoms in total. The molecule has 5 N–H and O–H groups in total. The maximum absolute atomic E-state index is 8.91. The van der Waals surface area contributed by atoms with E-state index in [1.165, 1.54) is 0 Å². The zero-order valence-electron chi connectivity index (χ0n) is 6.87. The molecular weight excluding hydrogens is 182 g/mol. The summed E-state index contributed by atoms with van der Waals surface area (Å²) in [6, 6.07) is 0. The fourth-order valence-electron chi connectivity index (χ4n) is 0.965. The van der Waals surface area contributed by atoms with Crippen molar-refractivity contribution in [3.8, 4) is 0 Å². The van der Waals surface area contributed by atoms with Crippen molar-refractivity contribution in [2.45, 2.75) is 24.9 Å². The maximum Gasteiger partial charge on any atom is 0.290 e. The third-order valence-electron chi connectivity index (χ3n) is 1.67. The standard InChI is InChI=1S/C5H11NO4.CH2O2/c7-4-2-1-3-6(10)5(4,8)9;2-1-3/h4,7-10H,1-3H2;1H,(H,2,3). The van der Waals surface area contributed by atoms with E-state index in [1.54, 1.807) is 0 Å². The van der Waals surface area contributed by atoms with Crippen LogP contribution in [0.5, 0.6) is 0 Å². The van der Waals surface area contributed by atoms with Gasteiger partial charge >= 0.3 is 0 Å². The molecule has 1 saturated heterocycles. The van der Waals surface area contributed by atoms with E-state index in [4.69, 9.17) is 30.4 Å². The van der Waals surface area contributed by atoms with E-state index < -0.39 is 12.0 Å². The lowest BCUT2D eigenvalue weighted by Crippen LogP contribution is -2.58. The normalized spacial score (nSPS) is 27.2. The molecule has 0 aliphatic carbocycles. The molecule has 1 atom stereocenters. The molecule has 0 spiro atoms. The first-order valence-corrected chi connectivity index (χ1v) is 3.64. The van der Waals surface area contributed by atoms with Gasteiger partial charge in [0.2, 0.25) is 0 Å². The van der Waals surface area contributed by atoms with E-state index in [-0.39, 0.29) is 13.0 Å². The third-order valence-corrected chi connectivity index (χ3v) is 1.67. The highest BCUT2D eigenvalue weighted by Gasteiger charge is 2.42. The highest BCUT2D eigenvalue weighted by atomic mass is 16.6. The number of hydrogen-bond donors (Lipinski definition) is 5. The van der Waals surface area contributed by atoms with Crippen molar-refractivity contribution >= 4 is 6.47 Å². The zero-order valence-corrected chi connectivity index (χ0v) is 6.87. The summed E-state index contributed by atoms with van der Waals surface area (Å²) in [5.74, 6) is -2.46. The number of carbonyl (C=O) groups is 1. The summed E-state index contributed by atoms with van der Waals surface area (Å²) < 4.78 is 0. The number of aliphatic hydroxyl groups excluding tert-OH is 1. The smallest absolute Gasteiger partial charge is 0.290 e. The van der Waals surface area contributed by atoms with Gasteiger partial charge in [0.05, 0.1) is 0 Å². The molecule has 0 saturated carbocycles. The van der Waals surface area contributed by atoms with Crippen LogP contribution in [-0.4, -0.2) is 55.7 Å². The second kappa shape index (κ2) is 5.10. The molecule has 78 valence electrons. The van der Waals surface area contributed by atoms with Crippen molar-refractivity contribution < 1.29 is 30.4 Å². The number of rotatable bonds is 0. The molecule has 0 radical (unpaired) electrons. The van der Waals surface area contributed by atoms with E-state index in [1.807, 2.05) is 0 Å². The lowest BCUT2D eigenvalue weighted by molar-refractivity contribution is -0.403. The maximum atomic E-state index is 8.91. The Hall–Kier alpha value is -0.730. The Morgan fingerprint density at radius 3 is 2.23 bits per heavy atom. The minimum Gasteiger partial charge on any atom is -0.483 e. The van der Waals surface area contributed by atoms with Gasteiger partial charge < -0.3 is 25.6 Å². The fourth-order valence-corrected chi connectivity index (χ4v) is 0.965. The second-order valence-corrected chi connectivity index (χ2v) is 2.57. The van der Waals surface area contributed by atoms with Gasteiger partial charge in [-0.05, 0) is 12.8 Å². The van der Waals surface area contributed by atoms with Crippen molar-refractivity contribution in [3.05, 3.63) is 0 Å². The quantitative estimate of drug-likeness (QED) is 0.228. The lowest BCUT2D eigenvalue weighted by atomic mass is 10.1. The van der Waals surface area contributed by atoms with Crippen LogP contribution in [0.3, 0.4) is 0 Å². The van der Waals surface area contributed by atoms with E-state index in [2.05, 4.69) is 0 Å². The first-order valence-electron chi connectivity index (χ1n) is 3.64. The average Bonchev–Trinajstić information content (AvgIpc) is 2.03. The van der Waals surface area contributed by atoms with Gasteiger partial charge in [-0.15, -0.1) is 5.06 Å². The number of carboxylic acid groups (broad SMARTS) is 1. The minimum absolute atomic E-state index is 0.171. The van der Waals surface area contributed by atoms with Gasteiger partial charge in [-0.1, -0.05) is 0 Å². The summed E-state index contributed by atoms with van der Waals surface area (Å²) in [5, 5.41) is 42.7. The second-order valence-electron chi connectivity index (χ2n) is 2.57. The molecule has 0 bridgehead atoms. The van der Waals surface area contributed by atoms with Gasteiger partial charge in [0.25, 0.3) is 12.4 Å². The summed E-state index contributed by atoms with van der Waals surface area (Å²) in [5.41, 5.74) is 0. The Kier molecular flexibility index (Phi) is 4.81. The first-order chi connectivity index (χ1) is 5.96. The molecule has 1 aliphatic rings. The predicted octanol–water partition coefficient (Wildman–Crippen LogP) is -1.83. The molecule has 0 aromatic rings. The van der Waals surface area contributed by atoms with E-state index in [0.717, 1.165) is 0 Å². The Morgan fingerprint density at radius 1 is 1.46 bits per heavy atom. The molecule has 1 aliphatic heterocycles. The van der Waals surface area contributed by atoms with Crippen molar-refractivity contribution in [2.24, 2.45) is 0 Å². The van der Waals surface area contributed by atoms with Gasteiger partial charge in [0, 0.05) is 6.54 Å². The summed E-state index contributed by atoms with van der Waals surface area (Å²) in [6.07, 6.45) is -0.434. The summed E-state index contributed by atoms with van der Waals surface area (Å²) in [6.45, 7) is -0.0793. The molecule has 1 fully saturated rings. The number of piperidine rings is 1. The highest BCUT2D eigenvalue weighted by Crippen LogP contribution is 2.21. The Bertz CT molecular complexity index is 149. The van der Waals surface area contributed by atoms with E-state index >= 15 is 0 Å². The third kappa shape index (κ3) is 3.25. The predicted molar refractivity (Wildman–Crippen MR) is 39.6 cm³/mol. The van der Waals surface area contributed by atoms with Crippen LogP contribution in [0.25, 0.3) is 0 Å². The van der Waals surface area contributed by atoms with Crippen LogP contribution in [0, 0.1) is 0 Å². The van der Waals surface area contributed by atoms with Gasteiger partial charge in [-0.25, -0.2) is 0 Å². The molecule has 1 unspecified atom stereocenters. The number of hydroxylamine groups is 2. The molecule has 1 rings (SSSR count). The summed E-state index contributed by atoms with van der Waals surface area (Å²) >= 11 is 0. The molecule has 13 heavy (non-hydrogen) atoms. The van der Waals surface area contributed by atoms with Crippen LogP contribution >= 0.6 is 0 Å². The number of nitrogens with zero attached hydrogens (tertiary/aromatic N) is 1. The molecule has 1 heterocycles. The Labute approximate surface area is 74.4 Å². The minimum atomic E-state index is -2.46.